The minimum absolute atomic E-state index is 0.0941. The highest BCUT2D eigenvalue weighted by Crippen LogP contribution is 2.19. The molecule has 2 heterocycles. The van der Waals surface area contributed by atoms with E-state index in [1.165, 1.54) is 6.20 Å². The largest absolute Gasteiger partial charge is 0.478 e. The molecule has 1 fully saturated rings. The maximum absolute atomic E-state index is 11.9. The average molecular weight is 253 g/mol. The van der Waals surface area contributed by atoms with Crippen molar-refractivity contribution in [2.45, 2.75) is 6.92 Å². The molecule has 18 heavy (non-hydrogen) atoms. The first-order valence-electron chi connectivity index (χ1n) is 5.64. The first-order valence-corrected chi connectivity index (χ1v) is 5.64. The van der Waals surface area contributed by atoms with Crippen molar-refractivity contribution in [3.63, 3.8) is 0 Å². The van der Waals surface area contributed by atoms with Gasteiger partial charge in [-0.05, 0) is 6.92 Å². The Hall–Kier alpha value is -2.02. The summed E-state index contributed by atoms with van der Waals surface area (Å²) in [4.78, 5) is 27.3. The smallest absolute Gasteiger partial charge is 0.339 e. The Morgan fingerprint density at radius 3 is 2.72 bits per heavy atom. The molecule has 1 aliphatic heterocycles. The summed E-state index contributed by atoms with van der Waals surface area (Å²) in [6.07, 6.45) is 1.48. The highest BCUT2D eigenvalue weighted by Gasteiger charge is 2.21. The van der Waals surface area contributed by atoms with Crippen molar-refractivity contribution in [1.29, 1.82) is 0 Å². The SMILES string of the molecule is Cc1[nH]cc(NC(=O)N2CCOCC2)c1C(=O)O. The maximum atomic E-state index is 11.9. The third-order valence-corrected chi connectivity index (χ3v) is 2.83. The number of rotatable bonds is 2. The number of H-pyrrole nitrogens is 1. The highest BCUT2D eigenvalue weighted by atomic mass is 16.5. The Balaban J connectivity index is 2.09. The molecule has 0 atom stereocenters. The van der Waals surface area contributed by atoms with E-state index >= 15 is 0 Å². The lowest BCUT2D eigenvalue weighted by Gasteiger charge is -2.26. The molecule has 2 amide bonds. The molecule has 0 aromatic carbocycles. The van der Waals surface area contributed by atoms with E-state index < -0.39 is 5.97 Å². The molecule has 1 aliphatic rings. The number of morpholine rings is 1. The van der Waals surface area contributed by atoms with Crippen LogP contribution in [-0.2, 0) is 4.74 Å². The first kappa shape index (κ1) is 12.4. The quantitative estimate of drug-likeness (QED) is 0.729. The number of carboxylic acid groups (broad SMARTS) is 1. The molecule has 0 spiro atoms. The zero-order valence-corrected chi connectivity index (χ0v) is 10.0. The van der Waals surface area contributed by atoms with Crippen molar-refractivity contribution in [1.82, 2.24) is 9.88 Å². The number of nitrogens with zero attached hydrogens (tertiary/aromatic N) is 1. The van der Waals surface area contributed by atoms with Gasteiger partial charge in [0, 0.05) is 25.0 Å². The third kappa shape index (κ3) is 2.45. The van der Waals surface area contributed by atoms with E-state index in [1.807, 2.05) is 0 Å². The molecule has 0 aliphatic carbocycles. The van der Waals surface area contributed by atoms with Gasteiger partial charge in [-0.1, -0.05) is 0 Å². The van der Waals surface area contributed by atoms with Crippen molar-refractivity contribution < 1.29 is 19.4 Å². The van der Waals surface area contributed by atoms with E-state index in [1.54, 1.807) is 11.8 Å². The number of ether oxygens (including phenoxy) is 1. The number of carbonyl (C=O) groups excluding carboxylic acids is 1. The molecule has 1 saturated heterocycles. The topological polar surface area (TPSA) is 94.7 Å². The van der Waals surface area contributed by atoms with Gasteiger partial charge in [0.05, 0.1) is 18.9 Å². The fraction of sp³-hybridized carbons (Fsp3) is 0.455. The summed E-state index contributed by atoms with van der Waals surface area (Å²) in [5.41, 5.74) is 0.896. The van der Waals surface area contributed by atoms with E-state index in [9.17, 15) is 9.59 Å². The predicted molar refractivity (Wildman–Crippen MR) is 63.9 cm³/mol. The van der Waals surface area contributed by atoms with Crippen LogP contribution in [-0.4, -0.2) is 53.3 Å². The Kier molecular flexibility index (Phi) is 3.52. The number of aryl methyl sites for hydroxylation is 1. The van der Waals surface area contributed by atoms with Crippen molar-refractivity contribution in [3.05, 3.63) is 17.5 Å². The van der Waals surface area contributed by atoms with Crippen LogP contribution < -0.4 is 5.32 Å². The van der Waals surface area contributed by atoms with Gasteiger partial charge in [-0.2, -0.15) is 0 Å². The minimum atomic E-state index is -1.06. The number of amides is 2. The zero-order valence-electron chi connectivity index (χ0n) is 10.0. The summed E-state index contributed by atoms with van der Waals surface area (Å²) in [6, 6.07) is -0.306. The van der Waals surface area contributed by atoms with Crippen molar-refractivity contribution in [3.8, 4) is 0 Å². The molecule has 7 nitrogen and oxygen atoms in total. The lowest BCUT2D eigenvalue weighted by molar-refractivity contribution is 0.0564. The maximum Gasteiger partial charge on any atom is 0.339 e. The Morgan fingerprint density at radius 1 is 1.44 bits per heavy atom. The highest BCUT2D eigenvalue weighted by molar-refractivity contribution is 6.01. The van der Waals surface area contributed by atoms with Gasteiger partial charge in [-0.25, -0.2) is 9.59 Å². The van der Waals surface area contributed by atoms with E-state index in [0.717, 1.165) is 0 Å². The van der Waals surface area contributed by atoms with Gasteiger partial charge in [0.1, 0.15) is 5.56 Å². The summed E-state index contributed by atoms with van der Waals surface area (Å²) in [5, 5.41) is 11.7. The molecule has 1 aromatic heterocycles. The fourth-order valence-corrected chi connectivity index (χ4v) is 1.86. The standard InChI is InChI=1S/C11H15N3O4/c1-7-9(10(15)16)8(6-12-7)13-11(17)14-2-4-18-5-3-14/h6,12H,2-5H2,1H3,(H,13,17)(H,15,16). The lowest BCUT2D eigenvalue weighted by atomic mass is 10.2. The van der Waals surface area contributed by atoms with Gasteiger partial charge in [0.25, 0.3) is 0 Å². The number of aromatic nitrogens is 1. The number of carbonyl (C=O) groups is 2. The van der Waals surface area contributed by atoms with E-state index in [-0.39, 0.29) is 17.3 Å². The lowest BCUT2D eigenvalue weighted by Crippen LogP contribution is -2.43. The van der Waals surface area contributed by atoms with Gasteiger partial charge in [-0.3, -0.25) is 0 Å². The molecular formula is C11H15N3O4. The molecule has 98 valence electrons. The molecular weight excluding hydrogens is 238 g/mol. The number of carboxylic acids is 1. The van der Waals surface area contributed by atoms with Gasteiger partial charge in [0.2, 0.25) is 0 Å². The Labute approximate surface area is 104 Å². The van der Waals surface area contributed by atoms with Crippen LogP contribution in [0.1, 0.15) is 16.1 Å². The van der Waals surface area contributed by atoms with Crippen molar-refractivity contribution in [2.24, 2.45) is 0 Å². The van der Waals surface area contributed by atoms with E-state index in [0.29, 0.717) is 32.0 Å². The summed E-state index contributed by atoms with van der Waals surface area (Å²) >= 11 is 0. The van der Waals surface area contributed by atoms with Crippen LogP contribution in [0.15, 0.2) is 6.20 Å². The third-order valence-electron chi connectivity index (χ3n) is 2.83. The van der Waals surface area contributed by atoms with Gasteiger partial charge < -0.3 is 25.0 Å². The molecule has 0 saturated carbocycles. The zero-order chi connectivity index (χ0) is 13.1. The number of nitrogens with one attached hydrogen (secondary N) is 2. The summed E-state index contributed by atoms with van der Waals surface area (Å²) < 4.78 is 5.14. The Morgan fingerprint density at radius 2 is 2.11 bits per heavy atom. The Bertz CT molecular complexity index is 463. The second-order valence-corrected chi connectivity index (χ2v) is 4.04. The second kappa shape index (κ2) is 5.09. The molecule has 0 bridgehead atoms. The first-order chi connectivity index (χ1) is 8.59. The summed E-state index contributed by atoms with van der Waals surface area (Å²) in [6.45, 7) is 3.68. The number of hydrogen-bond donors (Lipinski definition) is 3. The second-order valence-electron chi connectivity index (χ2n) is 4.04. The number of anilines is 1. The van der Waals surface area contributed by atoms with Crippen LogP contribution >= 0.6 is 0 Å². The molecule has 3 N–H and O–H groups in total. The molecule has 0 radical (unpaired) electrons. The number of urea groups is 1. The van der Waals surface area contributed by atoms with Crippen LogP contribution in [0.3, 0.4) is 0 Å². The molecule has 1 aromatic rings. The molecule has 7 heteroatoms. The number of hydrogen-bond acceptors (Lipinski definition) is 3. The fourth-order valence-electron chi connectivity index (χ4n) is 1.86. The van der Waals surface area contributed by atoms with Crippen LogP contribution in [0.4, 0.5) is 10.5 Å². The van der Waals surface area contributed by atoms with Crippen LogP contribution in [0.2, 0.25) is 0 Å². The monoisotopic (exact) mass is 253 g/mol. The van der Waals surface area contributed by atoms with Crippen LogP contribution in [0.5, 0.6) is 0 Å². The van der Waals surface area contributed by atoms with Crippen molar-refractivity contribution >= 4 is 17.7 Å². The van der Waals surface area contributed by atoms with Gasteiger partial charge >= 0.3 is 12.0 Å². The van der Waals surface area contributed by atoms with Crippen molar-refractivity contribution in [2.75, 3.05) is 31.6 Å². The van der Waals surface area contributed by atoms with E-state index in [4.69, 9.17) is 9.84 Å². The summed E-state index contributed by atoms with van der Waals surface area (Å²) in [5.74, 6) is -1.06. The van der Waals surface area contributed by atoms with E-state index in [2.05, 4.69) is 10.3 Å². The van der Waals surface area contributed by atoms with Gasteiger partial charge in [0.15, 0.2) is 0 Å². The number of aromatic carboxylic acids is 1. The number of aromatic amines is 1. The van der Waals surface area contributed by atoms with Crippen LogP contribution in [0, 0.1) is 6.92 Å². The van der Waals surface area contributed by atoms with Gasteiger partial charge in [-0.15, -0.1) is 0 Å². The molecule has 2 rings (SSSR count). The van der Waals surface area contributed by atoms with Crippen LogP contribution in [0.25, 0.3) is 0 Å². The average Bonchev–Trinajstić information content (AvgIpc) is 2.71. The predicted octanol–water partition coefficient (Wildman–Crippen LogP) is 0.885. The minimum Gasteiger partial charge on any atom is -0.478 e. The normalized spacial score (nSPS) is 15.5. The summed E-state index contributed by atoms with van der Waals surface area (Å²) in [7, 11) is 0. The molecule has 0 unspecified atom stereocenters.